The standard InChI is InChI=1S/C17H23NO2/c1-4-17(3,20-5-2)16(19)12-13-10-11-18-15-9-7-6-8-14(13)15/h6-11,16,19H,4-5,12H2,1-3H3. The lowest BCUT2D eigenvalue weighted by molar-refractivity contribution is -0.110. The average molecular weight is 273 g/mol. The number of pyridine rings is 1. The first-order valence-electron chi connectivity index (χ1n) is 7.25. The van der Waals surface area contributed by atoms with Crippen LogP contribution in [0.2, 0.25) is 0 Å². The summed E-state index contributed by atoms with van der Waals surface area (Å²) in [7, 11) is 0. The molecule has 1 N–H and O–H groups in total. The molecule has 0 radical (unpaired) electrons. The number of para-hydroxylation sites is 1. The van der Waals surface area contributed by atoms with Gasteiger partial charge < -0.3 is 9.84 Å². The fourth-order valence-electron chi connectivity index (χ4n) is 2.52. The van der Waals surface area contributed by atoms with Gasteiger partial charge in [0.05, 0.1) is 17.2 Å². The van der Waals surface area contributed by atoms with Crippen LogP contribution in [0.1, 0.15) is 32.8 Å². The molecule has 0 bridgehead atoms. The third-order valence-corrected chi connectivity index (χ3v) is 4.03. The predicted molar refractivity (Wildman–Crippen MR) is 81.8 cm³/mol. The second-order valence-electron chi connectivity index (χ2n) is 5.31. The summed E-state index contributed by atoms with van der Waals surface area (Å²) in [5.74, 6) is 0. The van der Waals surface area contributed by atoms with Gasteiger partial charge in [0.2, 0.25) is 0 Å². The fraction of sp³-hybridized carbons (Fsp3) is 0.471. The minimum atomic E-state index is -0.529. The quantitative estimate of drug-likeness (QED) is 0.877. The Bertz CT molecular complexity index is 564. The van der Waals surface area contributed by atoms with Crippen molar-refractivity contribution in [1.29, 1.82) is 0 Å². The molecule has 20 heavy (non-hydrogen) atoms. The Kier molecular flexibility index (Phi) is 4.73. The number of benzene rings is 1. The zero-order valence-corrected chi connectivity index (χ0v) is 12.5. The minimum Gasteiger partial charge on any atom is -0.390 e. The van der Waals surface area contributed by atoms with Crippen LogP contribution in [-0.2, 0) is 11.2 Å². The van der Waals surface area contributed by atoms with Crippen LogP contribution in [-0.4, -0.2) is 28.4 Å². The second-order valence-corrected chi connectivity index (χ2v) is 5.31. The van der Waals surface area contributed by atoms with Gasteiger partial charge in [0.15, 0.2) is 0 Å². The van der Waals surface area contributed by atoms with Gasteiger partial charge in [0.25, 0.3) is 0 Å². The first kappa shape index (κ1) is 14.9. The molecule has 0 aliphatic heterocycles. The largest absolute Gasteiger partial charge is 0.390 e. The molecule has 2 unspecified atom stereocenters. The van der Waals surface area contributed by atoms with Gasteiger partial charge in [-0.3, -0.25) is 4.98 Å². The van der Waals surface area contributed by atoms with E-state index in [1.165, 1.54) is 0 Å². The summed E-state index contributed by atoms with van der Waals surface area (Å²) in [4.78, 5) is 4.35. The van der Waals surface area contributed by atoms with E-state index in [1.807, 2.05) is 51.1 Å². The van der Waals surface area contributed by atoms with Crippen molar-refractivity contribution in [2.45, 2.75) is 45.3 Å². The Morgan fingerprint density at radius 1 is 1.25 bits per heavy atom. The van der Waals surface area contributed by atoms with Crippen LogP contribution in [0.25, 0.3) is 10.9 Å². The first-order chi connectivity index (χ1) is 9.60. The third-order valence-electron chi connectivity index (χ3n) is 4.03. The molecule has 0 aliphatic carbocycles. The van der Waals surface area contributed by atoms with Crippen molar-refractivity contribution in [3.8, 4) is 0 Å². The van der Waals surface area contributed by atoms with Crippen LogP contribution in [0, 0.1) is 0 Å². The Balaban J connectivity index is 2.27. The highest BCUT2D eigenvalue weighted by atomic mass is 16.5. The molecule has 2 rings (SSSR count). The van der Waals surface area contributed by atoms with Crippen molar-refractivity contribution in [2.24, 2.45) is 0 Å². The number of ether oxygens (including phenoxy) is 1. The number of aromatic nitrogens is 1. The van der Waals surface area contributed by atoms with Crippen molar-refractivity contribution in [3.05, 3.63) is 42.1 Å². The van der Waals surface area contributed by atoms with E-state index in [0.717, 1.165) is 22.9 Å². The predicted octanol–water partition coefficient (Wildman–Crippen LogP) is 3.34. The van der Waals surface area contributed by atoms with Crippen LogP contribution in [0.5, 0.6) is 0 Å². The Labute approximate surface area is 120 Å². The molecule has 108 valence electrons. The number of rotatable bonds is 6. The van der Waals surface area contributed by atoms with Crippen molar-refractivity contribution in [2.75, 3.05) is 6.61 Å². The van der Waals surface area contributed by atoms with Gasteiger partial charge in [0.1, 0.15) is 0 Å². The second kappa shape index (κ2) is 6.33. The monoisotopic (exact) mass is 273 g/mol. The molecule has 0 saturated carbocycles. The van der Waals surface area contributed by atoms with E-state index in [4.69, 9.17) is 4.74 Å². The maximum absolute atomic E-state index is 10.6. The molecule has 0 spiro atoms. The van der Waals surface area contributed by atoms with Crippen molar-refractivity contribution >= 4 is 10.9 Å². The van der Waals surface area contributed by atoms with E-state index in [1.54, 1.807) is 6.20 Å². The van der Waals surface area contributed by atoms with Crippen LogP contribution >= 0.6 is 0 Å². The molecule has 3 heteroatoms. The molecule has 0 fully saturated rings. The van der Waals surface area contributed by atoms with Gasteiger partial charge >= 0.3 is 0 Å². The number of fused-ring (bicyclic) bond motifs is 1. The van der Waals surface area contributed by atoms with E-state index >= 15 is 0 Å². The van der Waals surface area contributed by atoms with Crippen molar-refractivity contribution in [3.63, 3.8) is 0 Å². The highest BCUT2D eigenvalue weighted by Gasteiger charge is 2.32. The minimum absolute atomic E-state index is 0.501. The average Bonchev–Trinajstić information content (AvgIpc) is 2.47. The molecule has 1 aromatic heterocycles. The maximum Gasteiger partial charge on any atom is 0.0912 e. The normalized spacial score (nSPS) is 16.0. The Morgan fingerprint density at radius 2 is 2.00 bits per heavy atom. The number of hydrogen-bond donors (Lipinski definition) is 1. The molecule has 1 aromatic carbocycles. The van der Waals surface area contributed by atoms with Crippen LogP contribution in [0.15, 0.2) is 36.5 Å². The molecule has 0 aliphatic rings. The summed E-state index contributed by atoms with van der Waals surface area (Å²) in [6.45, 7) is 6.59. The highest BCUT2D eigenvalue weighted by Crippen LogP contribution is 2.25. The van der Waals surface area contributed by atoms with E-state index in [-0.39, 0.29) is 0 Å². The molecule has 2 atom stereocenters. The summed E-state index contributed by atoms with van der Waals surface area (Å²) in [6, 6.07) is 10.0. The summed E-state index contributed by atoms with van der Waals surface area (Å²) in [5.41, 5.74) is 1.58. The van der Waals surface area contributed by atoms with Crippen LogP contribution in [0.4, 0.5) is 0 Å². The van der Waals surface area contributed by atoms with Crippen molar-refractivity contribution in [1.82, 2.24) is 4.98 Å². The molecule has 1 heterocycles. The molecular formula is C17H23NO2. The van der Waals surface area contributed by atoms with Gasteiger partial charge in [-0.25, -0.2) is 0 Å². The van der Waals surface area contributed by atoms with Crippen LogP contribution < -0.4 is 0 Å². The Morgan fingerprint density at radius 3 is 2.70 bits per heavy atom. The topological polar surface area (TPSA) is 42.4 Å². The summed E-state index contributed by atoms with van der Waals surface area (Å²) in [5, 5.41) is 11.7. The maximum atomic E-state index is 10.6. The highest BCUT2D eigenvalue weighted by molar-refractivity contribution is 5.81. The molecular weight excluding hydrogens is 250 g/mol. The van der Waals surface area contributed by atoms with Gasteiger partial charge in [-0.2, -0.15) is 0 Å². The van der Waals surface area contributed by atoms with Gasteiger partial charge in [0, 0.05) is 24.6 Å². The van der Waals surface area contributed by atoms with Gasteiger partial charge in [-0.05, 0) is 38.0 Å². The lowest BCUT2D eigenvalue weighted by Crippen LogP contribution is -2.43. The molecule has 0 amide bonds. The number of aliphatic hydroxyl groups excluding tert-OH is 1. The lowest BCUT2D eigenvalue weighted by atomic mass is 9.90. The van der Waals surface area contributed by atoms with E-state index < -0.39 is 11.7 Å². The van der Waals surface area contributed by atoms with Gasteiger partial charge in [-0.1, -0.05) is 25.1 Å². The van der Waals surface area contributed by atoms with E-state index in [0.29, 0.717) is 13.0 Å². The van der Waals surface area contributed by atoms with Crippen molar-refractivity contribution < 1.29 is 9.84 Å². The van der Waals surface area contributed by atoms with E-state index in [9.17, 15) is 5.11 Å². The fourth-order valence-corrected chi connectivity index (χ4v) is 2.52. The molecule has 2 aromatic rings. The van der Waals surface area contributed by atoms with Crippen LogP contribution in [0.3, 0.4) is 0 Å². The number of nitrogens with zero attached hydrogens (tertiary/aromatic N) is 1. The van der Waals surface area contributed by atoms with E-state index in [2.05, 4.69) is 4.98 Å². The van der Waals surface area contributed by atoms with Gasteiger partial charge in [-0.15, -0.1) is 0 Å². The molecule has 0 saturated heterocycles. The Hall–Kier alpha value is -1.45. The zero-order valence-electron chi connectivity index (χ0n) is 12.5. The number of aliphatic hydroxyl groups is 1. The molecule has 3 nitrogen and oxygen atoms in total. The smallest absolute Gasteiger partial charge is 0.0912 e. The number of hydrogen-bond acceptors (Lipinski definition) is 3. The summed E-state index contributed by atoms with van der Waals surface area (Å²) < 4.78 is 5.76. The summed E-state index contributed by atoms with van der Waals surface area (Å²) >= 11 is 0. The summed E-state index contributed by atoms with van der Waals surface area (Å²) in [6.07, 6.45) is 2.63. The SMILES string of the molecule is CCOC(C)(CC)C(O)Cc1ccnc2ccccc12. The lowest BCUT2D eigenvalue weighted by Gasteiger charge is -2.33. The first-order valence-corrected chi connectivity index (χ1v) is 7.25. The zero-order chi connectivity index (χ0) is 14.6. The third kappa shape index (κ3) is 3.00.